The van der Waals surface area contributed by atoms with Gasteiger partial charge in [-0.2, -0.15) is 9.61 Å². The SMILES string of the molecule is O=[N+]([O-])c1ccccc1S(=O)(=O)Nc1cccc(-c2ccc3nnc(-c4cccs4)n3n2)c1. The molecular formula is C21H14N6O4S2. The van der Waals surface area contributed by atoms with Crippen LogP contribution in [0.3, 0.4) is 0 Å². The van der Waals surface area contributed by atoms with Gasteiger partial charge in [0, 0.05) is 17.3 Å². The molecule has 0 amide bonds. The molecule has 0 saturated carbocycles. The Balaban J connectivity index is 1.51. The minimum absolute atomic E-state index is 0.245. The maximum absolute atomic E-state index is 12.8. The van der Waals surface area contributed by atoms with E-state index in [1.54, 1.807) is 40.9 Å². The van der Waals surface area contributed by atoms with Crippen molar-refractivity contribution in [2.45, 2.75) is 4.90 Å². The lowest BCUT2D eigenvalue weighted by molar-refractivity contribution is -0.387. The molecule has 0 aliphatic heterocycles. The molecule has 10 nitrogen and oxygen atoms in total. The second-order valence-electron chi connectivity index (χ2n) is 6.90. The van der Waals surface area contributed by atoms with Crippen LogP contribution < -0.4 is 4.72 Å². The third kappa shape index (κ3) is 3.92. The van der Waals surface area contributed by atoms with Crippen LogP contribution in [0.15, 0.2) is 83.1 Å². The number of hydrogen-bond donors (Lipinski definition) is 1. The molecule has 3 heterocycles. The van der Waals surface area contributed by atoms with Gasteiger partial charge in [0.2, 0.25) is 0 Å². The van der Waals surface area contributed by atoms with Gasteiger partial charge >= 0.3 is 0 Å². The van der Waals surface area contributed by atoms with Crippen molar-refractivity contribution in [3.05, 3.63) is 88.3 Å². The Morgan fingerprint density at radius 1 is 0.970 bits per heavy atom. The molecule has 0 aliphatic rings. The molecule has 3 aromatic heterocycles. The van der Waals surface area contributed by atoms with Crippen molar-refractivity contribution in [1.29, 1.82) is 0 Å². The van der Waals surface area contributed by atoms with Crippen molar-refractivity contribution in [3.8, 4) is 22.0 Å². The van der Waals surface area contributed by atoms with Gasteiger partial charge in [-0.05, 0) is 41.8 Å². The van der Waals surface area contributed by atoms with Gasteiger partial charge < -0.3 is 0 Å². The minimum atomic E-state index is -4.19. The summed E-state index contributed by atoms with van der Waals surface area (Å²) in [6, 6.07) is 19.2. The summed E-state index contributed by atoms with van der Waals surface area (Å²) in [5, 5.41) is 26.2. The average Bonchev–Trinajstić information content (AvgIpc) is 3.48. The number of sulfonamides is 1. The zero-order chi connectivity index (χ0) is 23.0. The van der Waals surface area contributed by atoms with Gasteiger partial charge in [-0.3, -0.25) is 14.8 Å². The van der Waals surface area contributed by atoms with Crippen LogP contribution in [0.1, 0.15) is 0 Å². The van der Waals surface area contributed by atoms with E-state index in [-0.39, 0.29) is 5.69 Å². The lowest BCUT2D eigenvalue weighted by Gasteiger charge is -2.10. The van der Waals surface area contributed by atoms with Crippen LogP contribution >= 0.6 is 11.3 Å². The fourth-order valence-corrected chi connectivity index (χ4v) is 5.21. The first kappa shape index (κ1) is 20.7. The third-order valence-electron chi connectivity index (χ3n) is 4.77. The highest BCUT2D eigenvalue weighted by atomic mass is 32.2. The highest BCUT2D eigenvalue weighted by molar-refractivity contribution is 7.92. The van der Waals surface area contributed by atoms with Gasteiger partial charge in [-0.1, -0.05) is 30.3 Å². The van der Waals surface area contributed by atoms with Gasteiger partial charge in [0.15, 0.2) is 16.4 Å². The summed E-state index contributed by atoms with van der Waals surface area (Å²) < 4.78 is 29.7. The second-order valence-corrected chi connectivity index (χ2v) is 9.50. The molecule has 33 heavy (non-hydrogen) atoms. The summed E-state index contributed by atoms with van der Waals surface area (Å²) in [5.41, 5.74) is 1.55. The van der Waals surface area contributed by atoms with Crippen LogP contribution in [0.4, 0.5) is 11.4 Å². The number of nitro benzene ring substituents is 1. The summed E-state index contributed by atoms with van der Waals surface area (Å²) in [6.45, 7) is 0. The van der Waals surface area contributed by atoms with E-state index in [1.165, 1.54) is 29.5 Å². The highest BCUT2D eigenvalue weighted by Crippen LogP contribution is 2.28. The van der Waals surface area contributed by atoms with Crippen molar-refractivity contribution in [2.75, 3.05) is 4.72 Å². The predicted molar refractivity (Wildman–Crippen MR) is 123 cm³/mol. The normalized spacial score (nSPS) is 11.5. The molecule has 0 fully saturated rings. The number of rotatable bonds is 6. The van der Waals surface area contributed by atoms with Crippen LogP contribution in [-0.2, 0) is 10.0 Å². The molecule has 12 heteroatoms. The summed E-state index contributed by atoms with van der Waals surface area (Å²) in [6.07, 6.45) is 0. The molecular weight excluding hydrogens is 464 g/mol. The van der Waals surface area contributed by atoms with Crippen LogP contribution in [0.5, 0.6) is 0 Å². The lowest BCUT2D eigenvalue weighted by Crippen LogP contribution is -2.14. The van der Waals surface area contributed by atoms with E-state index >= 15 is 0 Å². The number of fused-ring (bicyclic) bond motifs is 1. The Labute approximate surface area is 191 Å². The fourth-order valence-electron chi connectivity index (χ4n) is 3.29. The molecule has 5 aromatic rings. The highest BCUT2D eigenvalue weighted by Gasteiger charge is 2.25. The first-order valence-corrected chi connectivity index (χ1v) is 11.9. The van der Waals surface area contributed by atoms with Gasteiger partial charge in [0.1, 0.15) is 0 Å². The topological polar surface area (TPSA) is 132 Å². The van der Waals surface area contributed by atoms with Crippen molar-refractivity contribution in [2.24, 2.45) is 0 Å². The number of aromatic nitrogens is 4. The lowest BCUT2D eigenvalue weighted by atomic mass is 10.1. The van der Waals surface area contributed by atoms with E-state index in [1.807, 2.05) is 17.5 Å². The molecule has 0 aliphatic carbocycles. The van der Waals surface area contributed by atoms with Crippen LogP contribution in [0.25, 0.3) is 27.6 Å². The number of nitrogens with zero attached hydrogens (tertiary/aromatic N) is 5. The Hall–Kier alpha value is -4.16. The number of hydrogen-bond acceptors (Lipinski definition) is 8. The first-order valence-electron chi connectivity index (χ1n) is 9.55. The van der Waals surface area contributed by atoms with Gasteiger partial charge in [0.25, 0.3) is 15.7 Å². The standard InChI is InChI=1S/C21H14N6O4S2/c28-27(29)17-7-1-2-9-19(17)33(30,31)25-15-6-3-5-14(13-15)16-10-11-20-22-23-21(26(20)24-16)18-8-4-12-32-18/h1-13,25H. The maximum Gasteiger partial charge on any atom is 0.289 e. The van der Waals surface area contributed by atoms with Crippen molar-refractivity contribution in [3.63, 3.8) is 0 Å². The molecule has 1 N–H and O–H groups in total. The molecule has 0 saturated heterocycles. The van der Waals surface area contributed by atoms with Crippen LogP contribution in [0, 0.1) is 10.1 Å². The predicted octanol–water partition coefficient (Wildman–Crippen LogP) is 4.23. The summed E-state index contributed by atoms with van der Waals surface area (Å²) in [5.74, 6) is 0.607. The quantitative estimate of drug-likeness (QED) is 0.285. The van der Waals surface area contributed by atoms with Crippen LogP contribution in [0.2, 0.25) is 0 Å². The summed E-state index contributed by atoms with van der Waals surface area (Å²) in [7, 11) is -4.19. The molecule has 0 spiro atoms. The molecule has 0 unspecified atom stereocenters. The van der Waals surface area contributed by atoms with Crippen molar-refractivity contribution in [1.82, 2.24) is 19.8 Å². The van der Waals surface area contributed by atoms with E-state index in [9.17, 15) is 18.5 Å². The fraction of sp³-hybridized carbons (Fsp3) is 0. The number of benzene rings is 2. The van der Waals surface area contributed by atoms with Crippen molar-refractivity contribution >= 4 is 38.4 Å². The number of para-hydroxylation sites is 1. The van der Waals surface area contributed by atoms with E-state index in [0.717, 1.165) is 10.9 Å². The summed E-state index contributed by atoms with van der Waals surface area (Å²) >= 11 is 1.52. The van der Waals surface area contributed by atoms with E-state index in [0.29, 0.717) is 22.7 Å². The molecule has 0 atom stereocenters. The first-order chi connectivity index (χ1) is 15.9. The zero-order valence-corrected chi connectivity index (χ0v) is 18.3. The van der Waals surface area contributed by atoms with E-state index in [2.05, 4.69) is 20.0 Å². The molecule has 5 rings (SSSR count). The summed E-state index contributed by atoms with van der Waals surface area (Å²) in [4.78, 5) is 11.0. The molecule has 0 radical (unpaired) electrons. The Morgan fingerprint density at radius 3 is 2.61 bits per heavy atom. The van der Waals surface area contributed by atoms with Crippen LogP contribution in [-0.4, -0.2) is 33.2 Å². The van der Waals surface area contributed by atoms with Crippen molar-refractivity contribution < 1.29 is 13.3 Å². The largest absolute Gasteiger partial charge is 0.289 e. The zero-order valence-electron chi connectivity index (χ0n) is 16.7. The Bertz CT molecular complexity index is 1600. The number of anilines is 1. The van der Waals surface area contributed by atoms with Gasteiger partial charge in [0.05, 0.1) is 15.5 Å². The number of nitro groups is 1. The minimum Gasteiger partial charge on any atom is -0.279 e. The van der Waals surface area contributed by atoms with E-state index < -0.39 is 25.5 Å². The Morgan fingerprint density at radius 2 is 1.82 bits per heavy atom. The van der Waals surface area contributed by atoms with E-state index in [4.69, 9.17) is 0 Å². The van der Waals surface area contributed by atoms with Gasteiger partial charge in [-0.15, -0.1) is 21.5 Å². The monoisotopic (exact) mass is 478 g/mol. The smallest absolute Gasteiger partial charge is 0.279 e. The number of nitrogens with one attached hydrogen (secondary N) is 1. The number of thiophene rings is 1. The Kier molecular flexibility index (Phi) is 5.07. The molecule has 164 valence electrons. The molecule has 0 bridgehead atoms. The maximum atomic E-state index is 12.8. The molecule has 2 aromatic carbocycles. The third-order valence-corrected chi connectivity index (χ3v) is 7.06. The second kappa shape index (κ2) is 8.07. The van der Waals surface area contributed by atoms with Gasteiger partial charge in [-0.25, -0.2) is 8.42 Å². The average molecular weight is 479 g/mol.